The molecule has 0 aromatic heterocycles. The van der Waals surface area contributed by atoms with Crippen LogP contribution in [0.3, 0.4) is 0 Å². The van der Waals surface area contributed by atoms with Gasteiger partial charge in [-0.25, -0.2) is 0 Å². The van der Waals surface area contributed by atoms with E-state index in [1.54, 1.807) is 6.92 Å². The minimum absolute atomic E-state index is 0.0120. The predicted octanol–water partition coefficient (Wildman–Crippen LogP) is 3.96. The van der Waals surface area contributed by atoms with Crippen LogP contribution in [0.1, 0.15) is 57.4 Å². The second-order valence-electron chi connectivity index (χ2n) is 7.21. The van der Waals surface area contributed by atoms with Crippen LogP contribution in [0.4, 0.5) is 5.69 Å². The van der Waals surface area contributed by atoms with E-state index in [1.807, 2.05) is 18.2 Å². The number of para-hydroxylation sites is 1. The molecule has 1 amide bonds. The zero-order chi connectivity index (χ0) is 16.8. The molecule has 3 rings (SSSR count). The number of rotatable bonds is 5. The van der Waals surface area contributed by atoms with Gasteiger partial charge in [0.2, 0.25) is 5.91 Å². The number of benzene rings is 1. The van der Waals surface area contributed by atoms with Gasteiger partial charge in [-0.2, -0.15) is 0 Å². The zero-order valence-electron chi connectivity index (χ0n) is 14.8. The average molecular weight is 330 g/mol. The van der Waals surface area contributed by atoms with Crippen LogP contribution in [0.25, 0.3) is 0 Å². The molecular weight excluding hydrogens is 300 g/mol. The molecule has 132 valence electrons. The van der Waals surface area contributed by atoms with Gasteiger partial charge in [0, 0.05) is 32.2 Å². The Morgan fingerprint density at radius 2 is 1.75 bits per heavy atom. The van der Waals surface area contributed by atoms with E-state index in [0.29, 0.717) is 12.2 Å². The van der Waals surface area contributed by atoms with Crippen molar-refractivity contribution in [3.63, 3.8) is 0 Å². The van der Waals surface area contributed by atoms with Crippen molar-refractivity contribution in [3.8, 4) is 0 Å². The number of nitrogens with one attached hydrogen (secondary N) is 1. The molecule has 0 radical (unpaired) electrons. The van der Waals surface area contributed by atoms with Gasteiger partial charge in [0.05, 0.1) is 12.2 Å². The third kappa shape index (κ3) is 5.05. The summed E-state index contributed by atoms with van der Waals surface area (Å²) < 4.78 is 6.32. The number of carbonyl (C=O) groups is 1. The molecule has 1 aromatic carbocycles. The molecular formula is C20H30N2O2. The summed E-state index contributed by atoms with van der Waals surface area (Å²) in [4.78, 5) is 13.8. The van der Waals surface area contributed by atoms with Gasteiger partial charge >= 0.3 is 0 Å². The van der Waals surface area contributed by atoms with E-state index in [2.05, 4.69) is 16.3 Å². The zero-order valence-corrected chi connectivity index (χ0v) is 14.8. The lowest BCUT2D eigenvalue weighted by atomic mass is 9.97. The van der Waals surface area contributed by atoms with Crippen LogP contribution in [0, 0.1) is 0 Å². The maximum atomic E-state index is 11.3. The number of anilines is 1. The van der Waals surface area contributed by atoms with Crippen molar-refractivity contribution in [1.82, 2.24) is 4.90 Å². The quantitative estimate of drug-likeness (QED) is 0.888. The number of ether oxygens (including phenoxy) is 1. The van der Waals surface area contributed by atoms with Crippen molar-refractivity contribution in [2.45, 2.75) is 70.6 Å². The van der Waals surface area contributed by atoms with Crippen LogP contribution in [0.5, 0.6) is 0 Å². The fourth-order valence-corrected chi connectivity index (χ4v) is 3.89. The van der Waals surface area contributed by atoms with Gasteiger partial charge in [0.1, 0.15) is 0 Å². The number of likely N-dealkylation sites (tertiary alicyclic amines) is 1. The highest BCUT2D eigenvalue weighted by atomic mass is 16.5. The standard InChI is InChI=1S/C20H30N2O2/c1-16(23)21-20-10-6-5-7-17(20)15-22-13-11-19(12-14-22)24-18-8-3-2-4-9-18/h5-7,10,18-19H,2-4,8-9,11-15H2,1H3,(H,21,23). The van der Waals surface area contributed by atoms with Crippen molar-refractivity contribution >= 4 is 11.6 Å². The first-order valence-corrected chi connectivity index (χ1v) is 9.44. The normalized spacial score (nSPS) is 20.9. The average Bonchev–Trinajstić information content (AvgIpc) is 2.59. The summed E-state index contributed by atoms with van der Waals surface area (Å²) in [7, 11) is 0. The van der Waals surface area contributed by atoms with Crippen LogP contribution in [0.15, 0.2) is 24.3 Å². The van der Waals surface area contributed by atoms with Crippen molar-refractivity contribution in [1.29, 1.82) is 0 Å². The Morgan fingerprint density at radius 3 is 2.46 bits per heavy atom. The summed E-state index contributed by atoms with van der Waals surface area (Å²) in [5.74, 6) is -0.0120. The molecule has 4 heteroatoms. The van der Waals surface area contributed by atoms with Gasteiger partial charge in [0.15, 0.2) is 0 Å². The predicted molar refractivity (Wildman–Crippen MR) is 97.0 cm³/mol. The van der Waals surface area contributed by atoms with E-state index in [0.717, 1.165) is 38.2 Å². The minimum atomic E-state index is -0.0120. The van der Waals surface area contributed by atoms with Crippen LogP contribution >= 0.6 is 0 Å². The Morgan fingerprint density at radius 1 is 1.08 bits per heavy atom. The minimum Gasteiger partial charge on any atom is -0.375 e. The Labute approximate surface area is 145 Å². The summed E-state index contributed by atoms with van der Waals surface area (Å²) in [6.07, 6.45) is 9.76. The topological polar surface area (TPSA) is 41.6 Å². The molecule has 1 aliphatic carbocycles. The molecule has 24 heavy (non-hydrogen) atoms. The smallest absolute Gasteiger partial charge is 0.221 e. The number of hydrogen-bond acceptors (Lipinski definition) is 3. The third-order valence-electron chi connectivity index (χ3n) is 5.19. The first kappa shape index (κ1) is 17.4. The molecule has 4 nitrogen and oxygen atoms in total. The fraction of sp³-hybridized carbons (Fsp3) is 0.650. The molecule has 0 bridgehead atoms. The SMILES string of the molecule is CC(=O)Nc1ccccc1CN1CCC(OC2CCCCC2)CC1. The highest BCUT2D eigenvalue weighted by molar-refractivity contribution is 5.89. The van der Waals surface area contributed by atoms with Crippen molar-refractivity contribution in [3.05, 3.63) is 29.8 Å². The van der Waals surface area contributed by atoms with E-state index >= 15 is 0 Å². The molecule has 1 aromatic rings. The first-order valence-electron chi connectivity index (χ1n) is 9.44. The van der Waals surface area contributed by atoms with E-state index in [4.69, 9.17) is 4.74 Å². The number of amides is 1. The molecule has 1 N–H and O–H groups in total. The first-order chi connectivity index (χ1) is 11.7. The summed E-state index contributed by atoms with van der Waals surface area (Å²) >= 11 is 0. The Bertz CT molecular complexity index is 532. The molecule has 0 unspecified atom stereocenters. The van der Waals surface area contributed by atoms with Crippen molar-refractivity contribution < 1.29 is 9.53 Å². The Hall–Kier alpha value is -1.39. The van der Waals surface area contributed by atoms with Gasteiger partial charge in [-0.3, -0.25) is 9.69 Å². The summed E-state index contributed by atoms with van der Waals surface area (Å²) in [6.45, 7) is 4.61. The van der Waals surface area contributed by atoms with Gasteiger partial charge in [0.25, 0.3) is 0 Å². The molecule has 1 saturated heterocycles. The number of carbonyl (C=O) groups excluding carboxylic acids is 1. The van der Waals surface area contributed by atoms with Crippen LogP contribution in [0.2, 0.25) is 0 Å². The molecule has 1 saturated carbocycles. The molecule has 1 heterocycles. The molecule has 2 aliphatic rings. The molecule has 1 aliphatic heterocycles. The highest BCUT2D eigenvalue weighted by Crippen LogP contribution is 2.26. The fourth-order valence-electron chi connectivity index (χ4n) is 3.89. The van der Waals surface area contributed by atoms with Gasteiger partial charge in [-0.15, -0.1) is 0 Å². The van der Waals surface area contributed by atoms with Gasteiger partial charge < -0.3 is 10.1 Å². The number of piperidine rings is 1. The van der Waals surface area contributed by atoms with Gasteiger partial charge in [-0.1, -0.05) is 37.5 Å². The van der Waals surface area contributed by atoms with Crippen LogP contribution < -0.4 is 5.32 Å². The molecule has 0 atom stereocenters. The van der Waals surface area contributed by atoms with Crippen LogP contribution in [-0.4, -0.2) is 36.1 Å². The molecule has 0 spiro atoms. The van der Waals surface area contributed by atoms with E-state index < -0.39 is 0 Å². The maximum Gasteiger partial charge on any atom is 0.221 e. The number of nitrogens with zero attached hydrogens (tertiary/aromatic N) is 1. The number of hydrogen-bond donors (Lipinski definition) is 1. The summed E-state index contributed by atoms with van der Waals surface area (Å²) in [6, 6.07) is 8.10. The Balaban J connectivity index is 1.48. The lowest BCUT2D eigenvalue weighted by Crippen LogP contribution is -2.38. The van der Waals surface area contributed by atoms with Crippen LogP contribution in [-0.2, 0) is 16.1 Å². The highest BCUT2D eigenvalue weighted by Gasteiger charge is 2.24. The van der Waals surface area contributed by atoms with E-state index in [-0.39, 0.29) is 5.91 Å². The third-order valence-corrected chi connectivity index (χ3v) is 5.19. The lowest BCUT2D eigenvalue weighted by molar-refractivity contribution is -0.114. The van der Waals surface area contributed by atoms with Gasteiger partial charge in [-0.05, 0) is 37.3 Å². The molecule has 2 fully saturated rings. The summed E-state index contributed by atoms with van der Waals surface area (Å²) in [5.41, 5.74) is 2.13. The van der Waals surface area contributed by atoms with E-state index in [1.165, 1.54) is 37.7 Å². The summed E-state index contributed by atoms with van der Waals surface area (Å²) in [5, 5.41) is 2.94. The second-order valence-corrected chi connectivity index (χ2v) is 7.21. The van der Waals surface area contributed by atoms with Crippen molar-refractivity contribution in [2.24, 2.45) is 0 Å². The maximum absolute atomic E-state index is 11.3. The lowest BCUT2D eigenvalue weighted by Gasteiger charge is -2.35. The second kappa shape index (κ2) is 8.63. The Kier molecular flexibility index (Phi) is 6.27. The monoisotopic (exact) mass is 330 g/mol. The largest absolute Gasteiger partial charge is 0.375 e. The van der Waals surface area contributed by atoms with Crippen molar-refractivity contribution in [2.75, 3.05) is 18.4 Å². The van der Waals surface area contributed by atoms with E-state index in [9.17, 15) is 4.79 Å².